The van der Waals surface area contributed by atoms with Gasteiger partial charge in [-0.3, -0.25) is 10.00 Å². The zero-order valence-corrected chi connectivity index (χ0v) is 21.6. The highest BCUT2D eigenvalue weighted by Crippen LogP contribution is 2.32. The highest BCUT2D eigenvalue weighted by atomic mass is 32.1. The van der Waals surface area contributed by atoms with E-state index in [-0.39, 0.29) is 0 Å². The summed E-state index contributed by atoms with van der Waals surface area (Å²) in [4.78, 5) is 16.5. The minimum Gasteiger partial charge on any atom is -0.299 e. The van der Waals surface area contributed by atoms with Crippen LogP contribution < -0.4 is 0 Å². The van der Waals surface area contributed by atoms with Gasteiger partial charge in [0.2, 0.25) is 5.82 Å². The third kappa shape index (κ3) is 4.51. The standard InChI is InChI=1S/C29H26N8S/c1-2-4-21(5-3-1)24-19-37-25(10-13-31-37)32-26(24)22-8-6-20(7-9-22)18-36-15-11-23(12-16-36)27-33-28(35-34-27)29-30-14-17-38-29/h1-10,13-14,17,19,23H,11-12,15-16,18H2,(H,33,34,35). The van der Waals surface area contributed by atoms with Crippen molar-refractivity contribution in [1.29, 1.82) is 0 Å². The molecule has 0 aliphatic carbocycles. The van der Waals surface area contributed by atoms with Crippen LogP contribution in [-0.4, -0.2) is 52.8 Å². The van der Waals surface area contributed by atoms with Gasteiger partial charge in [0.25, 0.3) is 0 Å². The van der Waals surface area contributed by atoms with Crippen LogP contribution in [0.4, 0.5) is 0 Å². The van der Waals surface area contributed by atoms with E-state index in [9.17, 15) is 0 Å². The van der Waals surface area contributed by atoms with Crippen molar-refractivity contribution in [2.24, 2.45) is 0 Å². The first kappa shape index (κ1) is 22.9. The molecule has 1 fully saturated rings. The van der Waals surface area contributed by atoms with Crippen molar-refractivity contribution in [3.8, 4) is 33.2 Å². The number of benzene rings is 2. The van der Waals surface area contributed by atoms with Gasteiger partial charge < -0.3 is 0 Å². The number of piperidine rings is 1. The first-order valence-corrected chi connectivity index (χ1v) is 13.7. The molecule has 38 heavy (non-hydrogen) atoms. The molecule has 1 N–H and O–H groups in total. The Balaban J connectivity index is 1.04. The lowest BCUT2D eigenvalue weighted by atomic mass is 9.95. The molecule has 0 amide bonds. The maximum absolute atomic E-state index is 4.95. The summed E-state index contributed by atoms with van der Waals surface area (Å²) < 4.78 is 1.84. The van der Waals surface area contributed by atoms with E-state index in [0.717, 1.165) is 71.3 Å². The van der Waals surface area contributed by atoms with Crippen LogP contribution >= 0.6 is 11.3 Å². The number of thiazole rings is 1. The molecule has 1 aliphatic rings. The topological polar surface area (TPSA) is 87.9 Å². The van der Waals surface area contributed by atoms with E-state index < -0.39 is 0 Å². The zero-order valence-electron chi connectivity index (χ0n) is 20.7. The SMILES string of the molecule is c1ccc(-c2cn3nccc3nc2-c2ccc(CN3CCC(c4nc(-c5nccs5)n[nH]4)CC3)cc2)cc1. The molecule has 0 spiro atoms. The van der Waals surface area contributed by atoms with Gasteiger partial charge in [-0.05, 0) is 37.1 Å². The number of hydrogen-bond donors (Lipinski definition) is 1. The van der Waals surface area contributed by atoms with Gasteiger partial charge in [-0.25, -0.2) is 19.5 Å². The van der Waals surface area contributed by atoms with Gasteiger partial charge in [0, 0.05) is 47.4 Å². The van der Waals surface area contributed by atoms with Crippen molar-refractivity contribution in [1.82, 2.24) is 39.7 Å². The average molecular weight is 519 g/mol. The number of hydrogen-bond acceptors (Lipinski definition) is 7. The first-order valence-electron chi connectivity index (χ1n) is 12.8. The number of rotatable bonds is 6. The lowest BCUT2D eigenvalue weighted by Gasteiger charge is -2.31. The van der Waals surface area contributed by atoms with E-state index in [1.807, 2.05) is 22.0 Å². The molecule has 8 nitrogen and oxygen atoms in total. The van der Waals surface area contributed by atoms with Crippen LogP contribution in [0.15, 0.2) is 84.6 Å². The van der Waals surface area contributed by atoms with Gasteiger partial charge >= 0.3 is 0 Å². The number of fused-ring (bicyclic) bond motifs is 1. The van der Waals surface area contributed by atoms with Crippen molar-refractivity contribution in [3.05, 3.63) is 96.0 Å². The molecule has 7 rings (SSSR count). The summed E-state index contributed by atoms with van der Waals surface area (Å²) in [6.45, 7) is 3.02. The fourth-order valence-corrected chi connectivity index (χ4v) is 5.75. The molecular formula is C29H26N8S. The zero-order chi connectivity index (χ0) is 25.3. The Morgan fingerprint density at radius 2 is 1.74 bits per heavy atom. The van der Waals surface area contributed by atoms with Crippen molar-refractivity contribution < 1.29 is 0 Å². The van der Waals surface area contributed by atoms with Gasteiger partial charge in [-0.15, -0.1) is 11.3 Å². The monoisotopic (exact) mass is 518 g/mol. The lowest BCUT2D eigenvalue weighted by molar-refractivity contribution is 0.202. The number of likely N-dealkylation sites (tertiary alicyclic amines) is 1. The maximum Gasteiger partial charge on any atom is 0.210 e. The lowest BCUT2D eigenvalue weighted by Crippen LogP contribution is -2.32. The second-order valence-electron chi connectivity index (χ2n) is 9.63. The van der Waals surface area contributed by atoms with Crippen LogP contribution in [0.5, 0.6) is 0 Å². The Hall–Kier alpha value is -4.21. The minimum absolute atomic E-state index is 0.413. The van der Waals surface area contributed by atoms with Gasteiger partial charge in [0.15, 0.2) is 10.7 Å². The van der Waals surface area contributed by atoms with Crippen LogP contribution in [0, 0.1) is 0 Å². The van der Waals surface area contributed by atoms with Crippen LogP contribution in [0.3, 0.4) is 0 Å². The number of nitrogens with zero attached hydrogens (tertiary/aromatic N) is 7. The predicted octanol–water partition coefficient (Wildman–Crippen LogP) is 5.68. The smallest absolute Gasteiger partial charge is 0.210 e. The molecule has 0 radical (unpaired) electrons. The number of aromatic amines is 1. The predicted molar refractivity (Wildman–Crippen MR) is 149 cm³/mol. The fraction of sp³-hybridized carbons (Fsp3) is 0.207. The summed E-state index contributed by atoms with van der Waals surface area (Å²) in [6, 6.07) is 21.2. The number of nitrogens with one attached hydrogen (secondary N) is 1. The third-order valence-corrected chi connectivity index (χ3v) is 7.97. The molecule has 5 heterocycles. The van der Waals surface area contributed by atoms with Gasteiger partial charge in [-0.1, -0.05) is 54.6 Å². The highest BCUT2D eigenvalue weighted by molar-refractivity contribution is 7.12. The van der Waals surface area contributed by atoms with Gasteiger partial charge in [-0.2, -0.15) is 10.2 Å². The Bertz CT molecular complexity index is 1650. The second kappa shape index (κ2) is 9.92. The van der Waals surface area contributed by atoms with Crippen LogP contribution in [0.1, 0.15) is 30.1 Å². The minimum atomic E-state index is 0.413. The van der Waals surface area contributed by atoms with Crippen LogP contribution in [-0.2, 0) is 6.54 Å². The quantitative estimate of drug-likeness (QED) is 0.305. The third-order valence-electron chi connectivity index (χ3n) is 7.20. The summed E-state index contributed by atoms with van der Waals surface area (Å²) in [6.07, 6.45) is 7.79. The van der Waals surface area contributed by atoms with E-state index in [2.05, 4.69) is 79.9 Å². The molecule has 0 atom stereocenters. The molecule has 9 heteroatoms. The molecule has 0 bridgehead atoms. The molecule has 0 saturated carbocycles. The molecule has 0 unspecified atom stereocenters. The largest absolute Gasteiger partial charge is 0.299 e. The van der Waals surface area contributed by atoms with Crippen LogP contribution in [0.2, 0.25) is 0 Å². The van der Waals surface area contributed by atoms with Gasteiger partial charge in [0.05, 0.1) is 11.9 Å². The van der Waals surface area contributed by atoms with Crippen molar-refractivity contribution >= 4 is 17.0 Å². The molecule has 6 aromatic rings. The molecule has 1 saturated heterocycles. The van der Waals surface area contributed by atoms with Crippen LogP contribution in [0.25, 0.3) is 38.9 Å². The Morgan fingerprint density at radius 3 is 2.53 bits per heavy atom. The highest BCUT2D eigenvalue weighted by Gasteiger charge is 2.24. The van der Waals surface area contributed by atoms with E-state index in [1.54, 1.807) is 23.7 Å². The molecule has 1 aliphatic heterocycles. The van der Waals surface area contributed by atoms with E-state index >= 15 is 0 Å². The Labute approximate surface area is 224 Å². The molecular weight excluding hydrogens is 492 g/mol. The Morgan fingerprint density at radius 1 is 0.895 bits per heavy atom. The normalized spacial score (nSPS) is 14.8. The summed E-state index contributed by atoms with van der Waals surface area (Å²) >= 11 is 1.57. The van der Waals surface area contributed by atoms with E-state index in [1.165, 1.54) is 5.56 Å². The molecule has 2 aromatic carbocycles. The summed E-state index contributed by atoms with van der Waals surface area (Å²) in [5.74, 6) is 2.10. The summed E-state index contributed by atoms with van der Waals surface area (Å²) in [5.41, 5.74) is 6.44. The average Bonchev–Trinajstić information content (AvgIpc) is 3.76. The number of aromatic nitrogens is 7. The fourth-order valence-electron chi connectivity index (χ4n) is 5.18. The van der Waals surface area contributed by atoms with Gasteiger partial charge in [0.1, 0.15) is 5.82 Å². The van der Waals surface area contributed by atoms with Crippen molar-refractivity contribution in [2.75, 3.05) is 13.1 Å². The van der Waals surface area contributed by atoms with E-state index in [0.29, 0.717) is 11.7 Å². The Kier molecular flexibility index (Phi) is 5.99. The van der Waals surface area contributed by atoms with Crippen molar-refractivity contribution in [3.63, 3.8) is 0 Å². The molecule has 4 aromatic heterocycles. The van der Waals surface area contributed by atoms with Crippen molar-refractivity contribution in [2.45, 2.75) is 25.3 Å². The van der Waals surface area contributed by atoms with E-state index in [4.69, 9.17) is 9.97 Å². The second-order valence-corrected chi connectivity index (χ2v) is 10.5. The summed E-state index contributed by atoms with van der Waals surface area (Å²) in [7, 11) is 0. The summed E-state index contributed by atoms with van der Waals surface area (Å²) in [5, 5.41) is 14.7. The number of H-pyrrole nitrogens is 1. The first-order chi connectivity index (χ1) is 18.8. The molecule has 188 valence electrons. The maximum atomic E-state index is 4.95.